The van der Waals surface area contributed by atoms with E-state index in [-0.39, 0.29) is 23.4 Å². The number of H-pyrrole nitrogens is 1. The maximum atomic E-state index is 12.0. The Hall–Kier alpha value is -3.68. The third kappa shape index (κ3) is 3.37. The summed E-state index contributed by atoms with van der Waals surface area (Å²) in [6.45, 7) is 0. The summed E-state index contributed by atoms with van der Waals surface area (Å²) in [5.74, 6) is -0.302. The van der Waals surface area contributed by atoms with Crippen LogP contribution in [-0.4, -0.2) is 31.9 Å². The summed E-state index contributed by atoms with van der Waals surface area (Å²) < 4.78 is 0. The van der Waals surface area contributed by atoms with Crippen molar-refractivity contribution in [1.29, 1.82) is 0 Å². The number of primary amides is 1. The van der Waals surface area contributed by atoms with E-state index in [4.69, 9.17) is 5.73 Å². The van der Waals surface area contributed by atoms with Gasteiger partial charge in [-0.1, -0.05) is 12.1 Å². The first-order valence-electron chi connectivity index (χ1n) is 8.48. The van der Waals surface area contributed by atoms with Gasteiger partial charge in [0.1, 0.15) is 11.6 Å². The smallest absolute Gasteiger partial charge is 0.284 e. The number of phenolic OH excluding ortho intramolecular Hbond substituents is 1. The number of amides is 2. The van der Waals surface area contributed by atoms with Gasteiger partial charge in [-0.15, -0.1) is 0 Å². The van der Waals surface area contributed by atoms with E-state index in [1.165, 1.54) is 6.07 Å². The SMILES string of the molecule is NC(=O)c1nc(-c2ccnc(NC(=O)C3CC3)c2)c(-c2ccccc2O)[nH]1. The van der Waals surface area contributed by atoms with Gasteiger partial charge < -0.3 is 21.1 Å². The number of aromatic nitrogens is 3. The van der Waals surface area contributed by atoms with E-state index in [1.54, 1.807) is 36.5 Å². The highest BCUT2D eigenvalue weighted by Crippen LogP contribution is 2.36. The molecule has 0 aliphatic heterocycles. The Labute approximate surface area is 154 Å². The molecule has 1 saturated carbocycles. The van der Waals surface area contributed by atoms with Crippen LogP contribution in [0.15, 0.2) is 42.6 Å². The molecule has 1 aliphatic carbocycles. The molecule has 0 bridgehead atoms. The summed E-state index contributed by atoms with van der Waals surface area (Å²) >= 11 is 0. The van der Waals surface area contributed by atoms with Gasteiger partial charge in [-0.3, -0.25) is 9.59 Å². The van der Waals surface area contributed by atoms with Crippen molar-refractivity contribution in [2.75, 3.05) is 5.32 Å². The zero-order chi connectivity index (χ0) is 19.0. The Morgan fingerprint density at radius 3 is 2.70 bits per heavy atom. The fourth-order valence-corrected chi connectivity index (χ4v) is 2.80. The maximum Gasteiger partial charge on any atom is 0.284 e. The molecule has 1 aromatic carbocycles. The monoisotopic (exact) mass is 363 g/mol. The lowest BCUT2D eigenvalue weighted by molar-refractivity contribution is -0.117. The lowest BCUT2D eigenvalue weighted by Gasteiger charge is -2.07. The third-order valence-corrected chi connectivity index (χ3v) is 4.34. The number of para-hydroxylation sites is 1. The molecule has 0 saturated heterocycles. The molecule has 8 heteroatoms. The number of anilines is 1. The lowest BCUT2D eigenvalue weighted by Crippen LogP contribution is -2.14. The second-order valence-electron chi connectivity index (χ2n) is 6.38. The molecule has 5 N–H and O–H groups in total. The van der Waals surface area contributed by atoms with Gasteiger partial charge >= 0.3 is 0 Å². The molecule has 3 aromatic rings. The Morgan fingerprint density at radius 2 is 2.00 bits per heavy atom. The maximum absolute atomic E-state index is 12.0. The van der Waals surface area contributed by atoms with Crippen LogP contribution in [0, 0.1) is 5.92 Å². The van der Waals surface area contributed by atoms with Crippen LogP contribution in [0.3, 0.4) is 0 Å². The molecule has 136 valence electrons. The highest BCUT2D eigenvalue weighted by Gasteiger charge is 2.30. The molecule has 2 aromatic heterocycles. The molecule has 0 atom stereocenters. The highest BCUT2D eigenvalue weighted by molar-refractivity contribution is 5.95. The van der Waals surface area contributed by atoms with Crippen LogP contribution in [0.2, 0.25) is 0 Å². The quantitative estimate of drug-likeness (QED) is 0.552. The first kappa shape index (κ1) is 16.8. The van der Waals surface area contributed by atoms with Crippen LogP contribution in [-0.2, 0) is 4.79 Å². The van der Waals surface area contributed by atoms with Gasteiger partial charge in [0.2, 0.25) is 5.91 Å². The van der Waals surface area contributed by atoms with Gasteiger partial charge in [0, 0.05) is 23.2 Å². The van der Waals surface area contributed by atoms with Gasteiger partial charge in [-0.25, -0.2) is 9.97 Å². The largest absolute Gasteiger partial charge is 0.507 e. The summed E-state index contributed by atoms with van der Waals surface area (Å²) in [6, 6.07) is 10.1. The standard InChI is InChI=1S/C19H17N5O3/c20-17(26)18-23-15(16(24-18)12-3-1-2-4-13(12)25)11-7-8-21-14(9-11)22-19(27)10-5-6-10/h1-4,7-10,25H,5-6H2,(H2,20,26)(H,23,24)(H,21,22,27). The first-order chi connectivity index (χ1) is 13.0. The number of hydrogen-bond donors (Lipinski definition) is 4. The molecule has 1 fully saturated rings. The van der Waals surface area contributed by atoms with Crippen molar-refractivity contribution in [2.45, 2.75) is 12.8 Å². The van der Waals surface area contributed by atoms with Gasteiger partial charge in [-0.05, 0) is 37.1 Å². The van der Waals surface area contributed by atoms with Crippen LogP contribution >= 0.6 is 0 Å². The number of pyridine rings is 1. The van der Waals surface area contributed by atoms with Gasteiger partial charge in [0.25, 0.3) is 5.91 Å². The van der Waals surface area contributed by atoms with E-state index < -0.39 is 5.91 Å². The molecule has 0 radical (unpaired) electrons. The molecule has 0 unspecified atom stereocenters. The average Bonchev–Trinajstić information content (AvgIpc) is 3.41. The molecule has 0 spiro atoms. The molecule has 4 rings (SSSR count). The van der Waals surface area contributed by atoms with Crippen molar-refractivity contribution in [3.05, 3.63) is 48.4 Å². The van der Waals surface area contributed by atoms with Crippen molar-refractivity contribution in [2.24, 2.45) is 11.7 Å². The Morgan fingerprint density at radius 1 is 1.22 bits per heavy atom. The van der Waals surface area contributed by atoms with E-state index >= 15 is 0 Å². The van der Waals surface area contributed by atoms with E-state index in [1.807, 2.05) is 0 Å². The number of aromatic amines is 1. The summed E-state index contributed by atoms with van der Waals surface area (Å²) in [6.07, 6.45) is 3.33. The minimum atomic E-state index is -0.714. The van der Waals surface area contributed by atoms with Crippen molar-refractivity contribution in [1.82, 2.24) is 15.0 Å². The summed E-state index contributed by atoms with van der Waals surface area (Å²) in [4.78, 5) is 34.9. The zero-order valence-electron chi connectivity index (χ0n) is 14.3. The number of nitrogens with zero attached hydrogens (tertiary/aromatic N) is 2. The van der Waals surface area contributed by atoms with E-state index in [9.17, 15) is 14.7 Å². The van der Waals surface area contributed by atoms with Crippen molar-refractivity contribution in [3.8, 4) is 28.3 Å². The van der Waals surface area contributed by atoms with Gasteiger partial charge in [0.15, 0.2) is 5.82 Å². The molecular weight excluding hydrogens is 346 g/mol. The number of hydrogen-bond acceptors (Lipinski definition) is 5. The number of aromatic hydroxyl groups is 1. The van der Waals surface area contributed by atoms with E-state index in [0.29, 0.717) is 28.3 Å². The molecular formula is C19H17N5O3. The number of carbonyl (C=O) groups excluding carboxylic acids is 2. The number of phenols is 1. The second kappa shape index (κ2) is 6.56. The number of nitrogens with one attached hydrogen (secondary N) is 2. The Kier molecular flexibility index (Phi) is 4.08. The highest BCUT2D eigenvalue weighted by atomic mass is 16.3. The van der Waals surface area contributed by atoms with Crippen LogP contribution in [0.25, 0.3) is 22.5 Å². The Bertz CT molecular complexity index is 1040. The molecule has 2 amide bonds. The zero-order valence-corrected chi connectivity index (χ0v) is 14.3. The predicted molar refractivity (Wildman–Crippen MR) is 98.8 cm³/mol. The number of rotatable bonds is 5. The molecule has 27 heavy (non-hydrogen) atoms. The third-order valence-electron chi connectivity index (χ3n) is 4.34. The minimum absolute atomic E-state index is 0.0244. The fraction of sp³-hybridized carbons (Fsp3) is 0.158. The van der Waals surface area contributed by atoms with Crippen LogP contribution in [0.1, 0.15) is 23.5 Å². The normalized spacial score (nSPS) is 13.3. The summed E-state index contributed by atoms with van der Waals surface area (Å²) in [7, 11) is 0. The van der Waals surface area contributed by atoms with Crippen LogP contribution in [0.4, 0.5) is 5.82 Å². The number of imidazole rings is 1. The summed E-state index contributed by atoms with van der Waals surface area (Å²) in [5, 5.41) is 13.0. The van der Waals surface area contributed by atoms with Gasteiger partial charge in [0.05, 0.1) is 11.4 Å². The minimum Gasteiger partial charge on any atom is -0.507 e. The number of carbonyl (C=O) groups is 2. The van der Waals surface area contributed by atoms with Crippen molar-refractivity contribution in [3.63, 3.8) is 0 Å². The van der Waals surface area contributed by atoms with Crippen molar-refractivity contribution >= 4 is 17.6 Å². The fourth-order valence-electron chi connectivity index (χ4n) is 2.80. The van der Waals surface area contributed by atoms with Crippen molar-refractivity contribution < 1.29 is 14.7 Å². The molecule has 1 aliphatic rings. The topological polar surface area (TPSA) is 134 Å². The van der Waals surface area contributed by atoms with E-state index in [2.05, 4.69) is 20.3 Å². The molecule has 2 heterocycles. The van der Waals surface area contributed by atoms with Crippen LogP contribution < -0.4 is 11.1 Å². The molecule has 8 nitrogen and oxygen atoms in total. The van der Waals surface area contributed by atoms with Crippen LogP contribution in [0.5, 0.6) is 5.75 Å². The first-order valence-corrected chi connectivity index (χ1v) is 8.48. The lowest BCUT2D eigenvalue weighted by atomic mass is 10.0. The Balaban J connectivity index is 1.78. The predicted octanol–water partition coefficient (Wildman–Crippen LogP) is 2.29. The van der Waals surface area contributed by atoms with E-state index in [0.717, 1.165) is 12.8 Å². The number of benzene rings is 1. The number of nitrogens with two attached hydrogens (primary N) is 1. The van der Waals surface area contributed by atoms with Gasteiger partial charge in [-0.2, -0.15) is 0 Å². The average molecular weight is 363 g/mol. The second-order valence-corrected chi connectivity index (χ2v) is 6.38. The summed E-state index contributed by atoms with van der Waals surface area (Å²) in [5.41, 5.74) is 7.34.